The molecule has 0 spiro atoms. The average Bonchev–Trinajstić information content (AvgIpc) is 2.45. The number of hydrogen-bond donors (Lipinski definition) is 2. The van der Waals surface area contributed by atoms with E-state index in [0.29, 0.717) is 11.4 Å². The molecule has 4 heteroatoms. The van der Waals surface area contributed by atoms with E-state index in [9.17, 15) is 4.79 Å². The summed E-state index contributed by atoms with van der Waals surface area (Å²) in [5, 5.41) is 6.23. The molecule has 2 aromatic rings. The quantitative estimate of drug-likeness (QED) is 0.888. The van der Waals surface area contributed by atoms with Gasteiger partial charge < -0.3 is 10.6 Å². The van der Waals surface area contributed by atoms with E-state index in [4.69, 9.17) is 0 Å². The SMILES string of the molecule is Cc1cc(C)nc(NC(=O)c2ccc3c(c2)CCCN3)c1. The van der Waals surface area contributed by atoms with Gasteiger partial charge in [0.05, 0.1) is 0 Å². The van der Waals surface area contributed by atoms with Crippen molar-refractivity contribution in [2.24, 2.45) is 0 Å². The van der Waals surface area contributed by atoms with Gasteiger partial charge in [-0.2, -0.15) is 0 Å². The highest BCUT2D eigenvalue weighted by atomic mass is 16.1. The van der Waals surface area contributed by atoms with Crippen LogP contribution in [0.25, 0.3) is 0 Å². The summed E-state index contributed by atoms with van der Waals surface area (Å²) in [4.78, 5) is 16.7. The van der Waals surface area contributed by atoms with Crippen LogP contribution in [-0.2, 0) is 6.42 Å². The molecule has 1 aliphatic heterocycles. The standard InChI is InChI=1S/C17H19N3O/c1-11-8-12(2)19-16(9-11)20-17(21)14-5-6-15-13(10-14)4-3-7-18-15/h5-6,8-10,18H,3-4,7H2,1-2H3,(H,19,20,21). The van der Waals surface area contributed by atoms with Crippen molar-refractivity contribution in [1.82, 2.24) is 4.98 Å². The number of hydrogen-bond acceptors (Lipinski definition) is 3. The lowest BCUT2D eigenvalue weighted by molar-refractivity contribution is 0.102. The largest absolute Gasteiger partial charge is 0.385 e. The van der Waals surface area contributed by atoms with Crippen LogP contribution in [0.4, 0.5) is 11.5 Å². The fraction of sp³-hybridized carbons (Fsp3) is 0.294. The van der Waals surface area contributed by atoms with E-state index in [-0.39, 0.29) is 5.91 Å². The third-order valence-corrected chi connectivity index (χ3v) is 3.65. The summed E-state index contributed by atoms with van der Waals surface area (Å²) in [6.45, 7) is 4.92. The minimum atomic E-state index is -0.110. The van der Waals surface area contributed by atoms with E-state index in [0.717, 1.165) is 36.3 Å². The van der Waals surface area contributed by atoms with E-state index in [1.807, 2.05) is 44.2 Å². The fourth-order valence-corrected chi connectivity index (χ4v) is 2.71. The van der Waals surface area contributed by atoms with Gasteiger partial charge in [0, 0.05) is 23.5 Å². The Morgan fingerprint density at radius 2 is 2.10 bits per heavy atom. The highest BCUT2D eigenvalue weighted by Gasteiger charge is 2.13. The van der Waals surface area contributed by atoms with E-state index in [1.54, 1.807) is 0 Å². The summed E-state index contributed by atoms with van der Waals surface area (Å²) < 4.78 is 0. The monoisotopic (exact) mass is 281 g/mol. The molecule has 0 aliphatic carbocycles. The zero-order chi connectivity index (χ0) is 14.8. The van der Waals surface area contributed by atoms with Crippen LogP contribution in [0.1, 0.15) is 33.6 Å². The zero-order valence-electron chi connectivity index (χ0n) is 12.4. The number of carbonyl (C=O) groups excluding carboxylic acids is 1. The van der Waals surface area contributed by atoms with Crippen molar-refractivity contribution in [2.75, 3.05) is 17.2 Å². The summed E-state index contributed by atoms with van der Waals surface area (Å²) in [6.07, 6.45) is 2.13. The summed E-state index contributed by atoms with van der Waals surface area (Å²) in [5.74, 6) is 0.495. The lowest BCUT2D eigenvalue weighted by Crippen LogP contribution is -2.16. The topological polar surface area (TPSA) is 54.0 Å². The summed E-state index contributed by atoms with van der Waals surface area (Å²) in [6, 6.07) is 9.68. The molecule has 0 saturated heterocycles. The van der Waals surface area contributed by atoms with Crippen molar-refractivity contribution in [3.63, 3.8) is 0 Å². The highest BCUT2D eigenvalue weighted by Crippen LogP contribution is 2.23. The van der Waals surface area contributed by atoms with Gasteiger partial charge in [-0.1, -0.05) is 0 Å². The van der Waals surface area contributed by atoms with Gasteiger partial charge in [-0.25, -0.2) is 4.98 Å². The van der Waals surface area contributed by atoms with Gasteiger partial charge in [0.25, 0.3) is 5.91 Å². The lowest BCUT2D eigenvalue weighted by atomic mass is 10.0. The molecule has 0 atom stereocenters. The molecule has 2 N–H and O–H groups in total. The minimum absolute atomic E-state index is 0.110. The number of aryl methyl sites for hydroxylation is 3. The number of fused-ring (bicyclic) bond motifs is 1. The van der Waals surface area contributed by atoms with Crippen LogP contribution < -0.4 is 10.6 Å². The average molecular weight is 281 g/mol. The van der Waals surface area contributed by atoms with E-state index in [1.165, 1.54) is 5.56 Å². The van der Waals surface area contributed by atoms with Crippen LogP contribution >= 0.6 is 0 Å². The Bertz CT molecular complexity index is 674. The van der Waals surface area contributed by atoms with Gasteiger partial charge in [0.1, 0.15) is 5.82 Å². The Morgan fingerprint density at radius 1 is 1.24 bits per heavy atom. The zero-order valence-corrected chi connectivity index (χ0v) is 12.4. The molecule has 0 bridgehead atoms. The predicted molar refractivity (Wildman–Crippen MR) is 84.9 cm³/mol. The molecular weight excluding hydrogens is 262 g/mol. The normalized spacial score (nSPS) is 13.2. The molecule has 1 aliphatic rings. The molecule has 0 saturated carbocycles. The van der Waals surface area contributed by atoms with Crippen molar-refractivity contribution in [1.29, 1.82) is 0 Å². The number of benzene rings is 1. The Balaban J connectivity index is 1.82. The van der Waals surface area contributed by atoms with Crippen molar-refractivity contribution in [3.05, 3.63) is 52.7 Å². The van der Waals surface area contributed by atoms with Crippen molar-refractivity contribution in [2.45, 2.75) is 26.7 Å². The molecule has 1 aromatic carbocycles. The summed E-state index contributed by atoms with van der Waals surface area (Å²) in [7, 11) is 0. The first-order chi connectivity index (χ1) is 10.1. The number of nitrogens with zero attached hydrogens (tertiary/aromatic N) is 1. The van der Waals surface area contributed by atoms with Crippen LogP contribution in [0, 0.1) is 13.8 Å². The number of amides is 1. The van der Waals surface area contributed by atoms with Crippen molar-refractivity contribution < 1.29 is 4.79 Å². The molecule has 2 heterocycles. The van der Waals surface area contributed by atoms with E-state index < -0.39 is 0 Å². The molecule has 0 radical (unpaired) electrons. The second kappa shape index (κ2) is 5.56. The molecule has 21 heavy (non-hydrogen) atoms. The predicted octanol–water partition coefficient (Wildman–Crippen LogP) is 3.31. The van der Waals surface area contributed by atoms with E-state index in [2.05, 4.69) is 15.6 Å². The Labute approximate surface area is 124 Å². The fourth-order valence-electron chi connectivity index (χ4n) is 2.71. The lowest BCUT2D eigenvalue weighted by Gasteiger charge is -2.18. The van der Waals surface area contributed by atoms with Gasteiger partial charge in [0.2, 0.25) is 0 Å². The third-order valence-electron chi connectivity index (χ3n) is 3.65. The number of pyridine rings is 1. The molecule has 4 nitrogen and oxygen atoms in total. The molecule has 108 valence electrons. The Morgan fingerprint density at radius 3 is 2.90 bits per heavy atom. The van der Waals surface area contributed by atoms with Crippen molar-refractivity contribution >= 4 is 17.4 Å². The maximum Gasteiger partial charge on any atom is 0.256 e. The number of aromatic nitrogens is 1. The maximum atomic E-state index is 12.4. The number of carbonyl (C=O) groups is 1. The molecule has 3 rings (SSSR count). The van der Waals surface area contributed by atoms with Crippen LogP contribution in [0.15, 0.2) is 30.3 Å². The number of nitrogens with one attached hydrogen (secondary N) is 2. The molecule has 1 aromatic heterocycles. The second-order valence-corrected chi connectivity index (χ2v) is 5.53. The van der Waals surface area contributed by atoms with Crippen LogP contribution in [0.2, 0.25) is 0 Å². The van der Waals surface area contributed by atoms with Gasteiger partial charge in [-0.3, -0.25) is 4.79 Å². The summed E-state index contributed by atoms with van der Waals surface area (Å²) in [5.41, 5.74) is 5.02. The molecule has 1 amide bonds. The Hall–Kier alpha value is -2.36. The third kappa shape index (κ3) is 3.05. The van der Waals surface area contributed by atoms with Crippen LogP contribution in [0.3, 0.4) is 0 Å². The first-order valence-electron chi connectivity index (χ1n) is 7.25. The second-order valence-electron chi connectivity index (χ2n) is 5.53. The van der Waals surface area contributed by atoms with Crippen LogP contribution in [-0.4, -0.2) is 17.4 Å². The first kappa shape index (κ1) is 13.6. The van der Waals surface area contributed by atoms with Gasteiger partial charge in [0.15, 0.2) is 0 Å². The molecule has 0 fully saturated rings. The summed E-state index contributed by atoms with van der Waals surface area (Å²) >= 11 is 0. The van der Waals surface area contributed by atoms with Gasteiger partial charge in [-0.05, 0) is 68.1 Å². The van der Waals surface area contributed by atoms with Gasteiger partial charge in [-0.15, -0.1) is 0 Å². The van der Waals surface area contributed by atoms with Crippen LogP contribution in [0.5, 0.6) is 0 Å². The highest BCUT2D eigenvalue weighted by molar-refractivity contribution is 6.04. The van der Waals surface area contributed by atoms with Crippen molar-refractivity contribution in [3.8, 4) is 0 Å². The minimum Gasteiger partial charge on any atom is -0.385 e. The van der Waals surface area contributed by atoms with E-state index >= 15 is 0 Å². The maximum absolute atomic E-state index is 12.4. The Kier molecular flexibility index (Phi) is 3.60. The number of anilines is 2. The number of rotatable bonds is 2. The first-order valence-corrected chi connectivity index (χ1v) is 7.25. The molecule has 0 unspecified atom stereocenters. The van der Waals surface area contributed by atoms with Gasteiger partial charge >= 0.3 is 0 Å². The smallest absolute Gasteiger partial charge is 0.256 e. The molecular formula is C17H19N3O.